The molecule has 0 fully saturated rings. The van der Waals surface area contributed by atoms with Gasteiger partial charge in [-0.3, -0.25) is 0 Å². The molecule has 6 aromatic rings. The van der Waals surface area contributed by atoms with Crippen LogP contribution in [-0.2, 0) is 0 Å². The summed E-state index contributed by atoms with van der Waals surface area (Å²) in [4.78, 5) is 4.21. The Bertz CT molecular complexity index is 2260. The first-order valence-electron chi connectivity index (χ1n) is 14.8. The summed E-state index contributed by atoms with van der Waals surface area (Å²) in [6, 6.07) is 42.2. The molecule has 5 N–H and O–H groups in total. The molecule has 6 nitrogen and oxygen atoms in total. The van der Waals surface area contributed by atoms with Crippen LogP contribution in [0.5, 0.6) is 0 Å². The molecule has 252 valence electrons. The van der Waals surface area contributed by atoms with Gasteiger partial charge in [-0.25, -0.2) is 13.2 Å². The van der Waals surface area contributed by atoms with Crippen LogP contribution in [0.25, 0.3) is 0 Å². The molecule has 0 saturated heterocycles. The molecule has 0 saturated carbocycles. The van der Waals surface area contributed by atoms with E-state index in [0.717, 1.165) is 37.8 Å². The number of nitrogens with one attached hydrogen (secondary N) is 1. The van der Waals surface area contributed by atoms with Crippen molar-refractivity contribution in [3.05, 3.63) is 162 Å². The number of para-hydroxylation sites is 4. The second-order valence-corrected chi connectivity index (χ2v) is 12.8. The van der Waals surface area contributed by atoms with Crippen LogP contribution in [0.2, 0.25) is 0 Å². The maximum atomic E-state index is 13.6. The fourth-order valence-corrected chi connectivity index (χ4v) is 6.34. The molecule has 0 unspecified atom stereocenters. The van der Waals surface area contributed by atoms with Gasteiger partial charge in [-0.05, 0) is 72.8 Å². The summed E-state index contributed by atoms with van der Waals surface area (Å²) in [5.41, 5.74) is 15.3. The van der Waals surface area contributed by atoms with Gasteiger partial charge in [0.25, 0.3) is 0 Å². The highest BCUT2D eigenvalue weighted by Crippen LogP contribution is 2.45. The van der Waals surface area contributed by atoms with Gasteiger partial charge in [0, 0.05) is 31.0 Å². The van der Waals surface area contributed by atoms with E-state index in [-0.39, 0.29) is 5.56 Å². The van der Waals surface area contributed by atoms with Crippen molar-refractivity contribution in [3.63, 3.8) is 0 Å². The second-order valence-electron chi connectivity index (χ2n) is 10.2. The first kappa shape index (κ1) is 37.8. The molecule has 6 aromatic carbocycles. The van der Waals surface area contributed by atoms with E-state index in [4.69, 9.17) is 27.3 Å². The van der Waals surface area contributed by atoms with Gasteiger partial charge >= 0.3 is 0 Å². The number of halogens is 3. The zero-order valence-electron chi connectivity index (χ0n) is 26.5. The predicted molar refractivity (Wildman–Crippen MR) is 200 cm³/mol. The lowest BCUT2D eigenvalue weighted by atomic mass is 10.2. The largest absolute Gasteiger partial charge is 0.398 e. The number of nitrogens with zero attached hydrogens (tertiary/aromatic N) is 3. The van der Waals surface area contributed by atoms with Crippen molar-refractivity contribution in [3.8, 4) is 18.2 Å². The fourth-order valence-electron chi connectivity index (χ4n) is 4.21. The van der Waals surface area contributed by atoms with Crippen LogP contribution >= 0.6 is 36.2 Å². The molecule has 0 aromatic heterocycles. The van der Waals surface area contributed by atoms with E-state index in [0.29, 0.717) is 21.7 Å². The van der Waals surface area contributed by atoms with Gasteiger partial charge < -0.3 is 16.8 Å². The van der Waals surface area contributed by atoms with Gasteiger partial charge in [-0.15, -0.1) is 12.6 Å². The standard InChI is InChI=1S/C13H9FN2S.C13H8N2S.C7H3F2N.C6H7NS/c14-10-5-3-4-9(8-15)13(10)17-12-7-2-1-6-11(12)16;14-8-9-4-3-7-12-13(9)15-10-5-1-2-6-11(10)16-12;8-6-3-1-2-5(4-10)7(6)9;7-5-3-1-2-4-6(5)8/h1-7H,16H2;1-7,15H;1-3H;1-4,8H,7H2. The molecule has 1 aliphatic heterocycles. The normalized spacial score (nSPS) is 10.2. The minimum Gasteiger partial charge on any atom is -0.398 e. The molecule has 12 heteroatoms. The summed E-state index contributed by atoms with van der Waals surface area (Å²) in [6.07, 6.45) is 0. The van der Waals surface area contributed by atoms with Crippen LogP contribution < -0.4 is 16.8 Å². The summed E-state index contributed by atoms with van der Waals surface area (Å²) >= 11 is 6.94. The van der Waals surface area contributed by atoms with Gasteiger partial charge in [0.1, 0.15) is 24.0 Å². The van der Waals surface area contributed by atoms with Gasteiger partial charge in [-0.1, -0.05) is 78.1 Å². The summed E-state index contributed by atoms with van der Waals surface area (Å²) in [6.45, 7) is 0. The molecule has 0 spiro atoms. The van der Waals surface area contributed by atoms with E-state index in [1.165, 1.54) is 47.0 Å². The lowest BCUT2D eigenvalue weighted by Gasteiger charge is -2.21. The van der Waals surface area contributed by atoms with Crippen LogP contribution in [0, 0.1) is 51.4 Å². The number of benzene rings is 6. The van der Waals surface area contributed by atoms with E-state index >= 15 is 0 Å². The zero-order valence-corrected chi connectivity index (χ0v) is 29.0. The molecule has 0 amide bonds. The molecule has 1 aliphatic rings. The molecular formula is C39H27F3N6S3. The Labute approximate surface area is 307 Å². The van der Waals surface area contributed by atoms with Crippen molar-refractivity contribution < 1.29 is 13.2 Å². The van der Waals surface area contributed by atoms with Gasteiger partial charge in [-0.2, -0.15) is 15.8 Å². The quantitative estimate of drug-likeness (QED) is 0.102. The van der Waals surface area contributed by atoms with E-state index in [2.05, 4.69) is 30.1 Å². The number of rotatable bonds is 2. The summed E-state index contributed by atoms with van der Waals surface area (Å²) < 4.78 is 38.3. The third kappa shape index (κ3) is 10.3. The van der Waals surface area contributed by atoms with Crippen LogP contribution in [-0.4, -0.2) is 0 Å². The minimum atomic E-state index is -1.08. The summed E-state index contributed by atoms with van der Waals surface area (Å²) in [5.74, 6) is -2.47. The number of anilines is 4. The Balaban J connectivity index is 0.000000159. The van der Waals surface area contributed by atoms with E-state index < -0.39 is 17.5 Å². The van der Waals surface area contributed by atoms with Crippen molar-refractivity contribution in [2.24, 2.45) is 0 Å². The Kier molecular flexibility index (Phi) is 13.9. The number of nitriles is 3. The van der Waals surface area contributed by atoms with Crippen LogP contribution in [0.1, 0.15) is 16.7 Å². The molecule has 0 radical (unpaired) electrons. The number of fused-ring (bicyclic) bond motifs is 2. The Morgan fingerprint density at radius 3 is 1.76 bits per heavy atom. The lowest BCUT2D eigenvalue weighted by Crippen LogP contribution is -2.01. The molecule has 0 aliphatic carbocycles. The van der Waals surface area contributed by atoms with Crippen molar-refractivity contribution in [2.75, 3.05) is 16.8 Å². The van der Waals surface area contributed by atoms with Gasteiger partial charge in [0.05, 0.1) is 33.0 Å². The number of hydrogen-bond acceptors (Lipinski definition) is 9. The molecule has 1 heterocycles. The van der Waals surface area contributed by atoms with Gasteiger partial charge in [0.2, 0.25) is 0 Å². The van der Waals surface area contributed by atoms with Crippen LogP contribution in [0.15, 0.2) is 152 Å². The van der Waals surface area contributed by atoms with Crippen LogP contribution in [0.4, 0.5) is 35.9 Å². The van der Waals surface area contributed by atoms with E-state index in [1.807, 2.05) is 78.9 Å². The molecule has 0 bridgehead atoms. The predicted octanol–water partition coefficient (Wildman–Crippen LogP) is 10.6. The zero-order chi connectivity index (χ0) is 36.8. The average molecular weight is 733 g/mol. The Hall–Kier alpha value is -5.97. The number of hydrogen-bond donors (Lipinski definition) is 4. The van der Waals surface area contributed by atoms with Crippen molar-refractivity contribution in [2.45, 2.75) is 24.5 Å². The highest BCUT2D eigenvalue weighted by atomic mass is 32.2. The highest BCUT2D eigenvalue weighted by Gasteiger charge is 2.17. The van der Waals surface area contributed by atoms with E-state index in [9.17, 15) is 13.2 Å². The monoisotopic (exact) mass is 732 g/mol. The van der Waals surface area contributed by atoms with E-state index in [1.54, 1.807) is 30.0 Å². The third-order valence-electron chi connectivity index (χ3n) is 6.74. The first-order valence-corrected chi connectivity index (χ1v) is 16.9. The smallest absolute Gasteiger partial charge is 0.176 e. The van der Waals surface area contributed by atoms with Crippen molar-refractivity contribution in [1.82, 2.24) is 0 Å². The Morgan fingerprint density at radius 2 is 1.14 bits per heavy atom. The molecule has 51 heavy (non-hydrogen) atoms. The average Bonchev–Trinajstić information content (AvgIpc) is 3.15. The highest BCUT2D eigenvalue weighted by molar-refractivity contribution is 8.00. The maximum Gasteiger partial charge on any atom is 0.176 e. The molecular weight excluding hydrogens is 706 g/mol. The Morgan fingerprint density at radius 1 is 0.588 bits per heavy atom. The minimum absolute atomic E-state index is 0.264. The van der Waals surface area contributed by atoms with Crippen molar-refractivity contribution in [1.29, 1.82) is 15.8 Å². The topological polar surface area (TPSA) is 135 Å². The molecule has 0 atom stereocenters. The maximum absolute atomic E-state index is 13.6. The number of nitrogens with two attached hydrogens (primary N) is 2. The first-order chi connectivity index (χ1) is 24.7. The van der Waals surface area contributed by atoms with Crippen molar-refractivity contribution >= 4 is 58.9 Å². The summed E-state index contributed by atoms with van der Waals surface area (Å²) in [7, 11) is 0. The SMILES string of the molecule is N#Cc1cccc(F)c1F.N#Cc1cccc(F)c1Sc1ccccc1N.N#Cc1cccc2c1Nc1ccccc1S2.Nc1ccccc1S. The fraction of sp³-hybridized carbons (Fsp3) is 0. The third-order valence-corrected chi connectivity index (χ3v) is 9.49. The number of nitrogen functional groups attached to an aromatic ring is 2. The number of thiol groups is 1. The molecule has 7 rings (SSSR count). The lowest BCUT2D eigenvalue weighted by molar-refractivity contribution is 0.506. The second kappa shape index (κ2) is 18.7. The summed E-state index contributed by atoms with van der Waals surface area (Å²) in [5, 5.41) is 29.5. The van der Waals surface area contributed by atoms with Gasteiger partial charge in [0.15, 0.2) is 11.6 Å². The van der Waals surface area contributed by atoms with Crippen LogP contribution in [0.3, 0.4) is 0 Å².